The third-order valence-electron chi connectivity index (χ3n) is 14.4. The van der Waals surface area contributed by atoms with E-state index in [9.17, 15) is 9.59 Å². The fraction of sp³-hybridized carbons (Fsp3) is 0.966. The molecule has 400 valence electrons. The Kier molecular flexibility index (Phi) is 54.4. The van der Waals surface area contributed by atoms with Crippen molar-refractivity contribution in [3.63, 3.8) is 0 Å². The van der Waals surface area contributed by atoms with Crippen LogP contribution in [0.15, 0.2) is 0 Å². The van der Waals surface area contributed by atoms with E-state index >= 15 is 0 Å². The predicted molar refractivity (Wildman–Crippen MR) is 300 cm³/mol. The summed E-state index contributed by atoms with van der Waals surface area (Å²) in [5.74, 6) is 0.217. The number of carbonyl (C=O) groups is 2. The molecule has 0 aromatic rings. The standard InChI is InChI=1S/2C21H42O3S.2C8H17.Sn/c2*22-18-16-14-12-10-8-6-4-2-1-3-5-7-9-11-13-15-17-20(19-25)21(23)24;2*1-3-5-7-8-6-4-2;/h2*20,22,25H,1-19H2,(H,23,24);2*1,3-8H2,2H3;/q;;;;+2/p-2. The maximum absolute atomic E-state index is 14.2. The molecule has 0 saturated carbocycles. The van der Waals surface area contributed by atoms with Gasteiger partial charge in [-0.2, -0.15) is 0 Å². The summed E-state index contributed by atoms with van der Waals surface area (Å²) in [6.07, 6.45) is 56.0. The number of aliphatic hydroxyl groups is 2. The summed E-state index contributed by atoms with van der Waals surface area (Å²) in [5, 5.41) is 17.8. The molecule has 2 unspecified atom stereocenters. The average molecular weight is 1090 g/mol. The third-order valence-corrected chi connectivity index (χ3v) is 24.9. The first-order valence-electron chi connectivity index (χ1n) is 29.8. The Labute approximate surface area is 434 Å². The van der Waals surface area contributed by atoms with Crippen molar-refractivity contribution < 1.29 is 26.0 Å². The van der Waals surface area contributed by atoms with Crippen LogP contribution in [0.25, 0.3) is 0 Å². The quantitative estimate of drug-likeness (QED) is 0.0276. The molecule has 9 heteroatoms. The Balaban J connectivity index is 5.07. The zero-order chi connectivity index (χ0) is 49.0. The van der Waals surface area contributed by atoms with Crippen molar-refractivity contribution in [1.29, 1.82) is 0 Å². The molecule has 0 heterocycles. The van der Waals surface area contributed by atoms with Gasteiger partial charge in [0, 0.05) is 13.2 Å². The molecule has 0 aromatic heterocycles. The van der Waals surface area contributed by atoms with Gasteiger partial charge in [-0.1, -0.05) is 89.9 Å². The number of hydrogen-bond donors (Lipinski definition) is 4. The van der Waals surface area contributed by atoms with Gasteiger partial charge in [0.15, 0.2) is 0 Å². The number of unbranched alkanes of at least 4 members (excludes halogenated alkanes) is 40. The van der Waals surface area contributed by atoms with Crippen LogP contribution in [-0.4, -0.2) is 66.1 Å². The van der Waals surface area contributed by atoms with E-state index in [1.807, 2.05) is 0 Å². The minimum atomic E-state index is -4.19. The summed E-state index contributed by atoms with van der Waals surface area (Å²) >= 11 is 5.19. The van der Waals surface area contributed by atoms with Crippen molar-refractivity contribution in [1.82, 2.24) is 0 Å². The van der Waals surface area contributed by atoms with Gasteiger partial charge in [0.1, 0.15) is 0 Å². The SMILES string of the molecule is CCCCCCC[CH2][Sn]([CH2]CCCCCCC)([O]C(=O)C(CS)CCCCCCCCCCCCCCCCCCO)[O]C(=O)C(CS)CCCCCCCCCCCCCCCCCCO. The Morgan fingerprint density at radius 2 is 0.552 bits per heavy atom. The van der Waals surface area contributed by atoms with Crippen LogP contribution >= 0.6 is 25.3 Å². The molecule has 0 rings (SSSR count). The Hall–Kier alpha value is 0.359. The van der Waals surface area contributed by atoms with Gasteiger partial charge in [-0.05, 0) is 12.8 Å². The summed E-state index contributed by atoms with van der Waals surface area (Å²) in [5.41, 5.74) is 0. The van der Waals surface area contributed by atoms with E-state index in [4.69, 9.17) is 41.6 Å². The van der Waals surface area contributed by atoms with Crippen LogP contribution in [0.1, 0.15) is 309 Å². The molecule has 67 heavy (non-hydrogen) atoms. The summed E-state index contributed by atoms with van der Waals surface area (Å²) < 4.78 is 15.1. The number of thiol groups is 2. The molecule has 0 fully saturated rings. The molecule has 0 amide bonds. The van der Waals surface area contributed by atoms with Crippen molar-refractivity contribution in [3.8, 4) is 0 Å². The number of aliphatic hydroxyl groups excluding tert-OH is 2. The summed E-state index contributed by atoms with van der Waals surface area (Å²) in [4.78, 5) is 28.3. The molecule has 0 aromatic carbocycles. The molecule has 0 saturated heterocycles. The van der Waals surface area contributed by atoms with E-state index in [1.54, 1.807) is 0 Å². The average Bonchev–Trinajstić information content (AvgIpc) is 3.33. The van der Waals surface area contributed by atoms with Crippen LogP contribution in [0.5, 0.6) is 0 Å². The Morgan fingerprint density at radius 3 is 0.776 bits per heavy atom. The molecular formula is C58H116O6S2Sn. The summed E-state index contributed by atoms with van der Waals surface area (Å²) in [6, 6.07) is 0. The van der Waals surface area contributed by atoms with Gasteiger partial charge in [0.05, 0.1) is 0 Å². The van der Waals surface area contributed by atoms with Gasteiger partial charge in [-0.25, -0.2) is 0 Å². The number of rotatable bonds is 56. The monoisotopic (exact) mass is 1090 g/mol. The molecule has 0 aliphatic carbocycles. The van der Waals surface area contributed by atoms with Gasteiger partial charge in [-0.3, -0.25) is 0 Å². The third kappa shape index (κ3) is 44.8. The van der Waals surface area contributed by atoms with Crippen molar-refractivity contribution in [2.45, 2.75) is 318 Å². The molecular weight excluding hydrogens is 975 g/mol. The van der Waals surface area contributed by atoms with Crippen molar-refractivity contribution >= 4 is 56.4 Å². The minimum absolute atomic E-state index is 0.138. The fourth-order valence-electron chi connectivity index (χ4n) is 9.75. The molecule has 0 radical (unpaired) electrons. The Bertz CT molecular complexity index is 942. The number of hydrogen-bond acceptors (Lipinski definition) is 8. The zero-order valence-corrected chi connectivity index (χ0v) is 49.5. The first kappa shape index (κ1) is 67.4. The van der Waals surface area contributed by atoms with E-state index in [1.165, 1.54) is 218 Å². The molecule has 0 spiro atoms. The molecule has 0 aliphatic rings. The van der Waals surface area contributed by atoms with E-state index in [0.717, 1.165) is 85.9 Å². The van der Waals surface area contributed by atoms with Crippen molar-refractivity contribution in [3.05, 3.63) is 0 Å². The summed E-state index contributed by atoms with van der Waals surface area (Å²) in [7, 11) is 0. The molecule has 6 nitrogen and oxygen atoms in total. The maximum atomic E-state index is 14.2. The number of carbonyl (C=O) groups excluding carboxylic acids is 2. The topological polar surface area (TPSA) is 93.1 Å². The van der Waals surface area contributed by atoms with Gasteiger partial charge >= 0.3 is 311 Å². The van der Waals surface area contributed by atoms with Crippen LogP contribution in [0.2, 0.25) is 8.87 Å². The van der Waals surface area contributed by atoms with Crippen molar-refractivity contribution in [2.75, 3.05) is 24.7 Å². The van der Waals surface area contributed by atoms with Crippen LogP contribution in [0.4, 0.5) is 0 Å². The molecule has 2 N–H and O–H groups in total. The fourth-order valence-corrected chi connectivity index (χ4v) is 20.0. The molecule has 0 bridgehead atoms. The van der Waals surface area contributed by atoms with Gasteiger partial charge in [-0.15, -0.1) is 0 Å². The van der Waals surface area contributed by atoms with E-state index in [-0.39, 0.29) is 23.8 Å². The van der Waals surface area contributed by atoms with Crippen LogP contribution in [0.3, 0.4) is 0 Å². The first-order valence-corrected chi connectivity index (χ1v) is 37.5. The smallest absolute Gasteiger partial charge is 0.396 e. The van der Waals surface area contributed by atoms with Crippen LogP contribution in [0, 0.1) is 11.8 Å². The van der Waals surface area contributed by atoms with Crippen molar-refractivity contribution in [2.24, 2.45) is 11.8 Å². The predicted octanol–water partition coefficient (Wildman–Crippen LogP) is 18.6. The van der Waals surface area contributed by atoms with Gasteiger partial charge in [0.25, 0.3) is 0 Å². The van der Waals surface area contributed by atoms with Crippen LogP contribution < -0.4 is 0 Å². The van der Waals surface area contributed by atoms with E-state index in [2.05, 4.69) is 13.8 Å². The normalized spacial score (nSPS) is 12.7. The second-order valence-corrected chi connectivity index (χ2v) is 30.8. The minimum Gasteiger partial charge on any atom is -0.396 e. The molecule has 0 aliphatic heterocycles. The Morgan fingerprint density at radius 1 is 0.343 bits per heavy atom. The summed E-state index contributed by atoms with van der Waals surface area (Å²) in [6.45, 7) is 5.18. The second-order valence-electron chi connectivity index (χ2n) is 20.9. The van der Waals surface area contributed by atoms with E-state index in [0.29, 0.717) is 24.7 Å². The second kappa shape index (κ2) is 54.1. The first-order chi connectivity index (χ1) is 32.9. The zero-order valence-electron chi connectivity index (χ0n) is 44.8. The van der Waals surface area contributed by atoms with Gasteiger partial charge < -0.3 is 10.2 Å². The van der Waals surface area contributed by atoms with Crippen LogP contribution in [-0.2, 0) is 15.7 Å². The van der Waals surface area contributed by atoms with E-state index < -0.39 is 19.2 Å². The molecule has 2 atom stereocenters. The van der Waals surface area contributed by atoms with Gasteiger partial charge in [0.2, 0.25) is 0 Å².